The number of aryl methyl sites for hydroxylation is 1. The number of hydrogen-bond donors (Lipinski definition) is 1. The lowest BCUT2D eigenvalue weighted by Crippen LogP contribution is -2.18. The molecular formula is C16H23NO. The maximum absolute atomic E-state index is 5.82. The molecule has 1 aromatic rings. The summed E-state index contributed by atoms with van der Waals surface area (Å²) in [5.41, 5.74) is 2.48. The Morgan fingerprint density at radius 3 is 2.83 bits per heavy atom. The van der Waals surface area contributed by atoms with Crippen molar-refractivity contribution in [3.05, 3.63) is 29.3 Å². The molecule has 0 radical (unpaired) electrons. The fourth-order valence-corrected chi connectivity index (χ4v) is 1.89. The predicted octanol–water partition coefficient (Wildman–Crippen LogP) is 3.46. The zero-order valence-electron chi connectivity index (χ0n) is 11.8. The van der Waals surface area contributed by atoms with Gasteiger partial charge in [0, 0.05) is 18.0 Å². The second-order valence-corrected chi connectivity index (χ2v) is 4.35. The van der Waals surface area contributed by atoms with Gasteiger partial charge in [-0.05, 0) is 33.4 Å². The van der Waals surface area contributed by atoms with Crippen LogP contribution in [0.1, 0.15) is 44.4 Å². The highest BCUT2D eigenvalue weighted by Gasteiger charge is 2.10. The second kappa shape index (κ2) is 7.79. The standard InChI is InChI=1S/C16H23NO/c1-5-7-8-11-18-16-10-9-13(3)12-15(16)14(4)17-6-2/h9-10,12,14,17H,6,8,11H2,1-4H3. The zero-order valence-corrected chi connectivity index (χ0v) is 11.8. The van der Waals surface area contributed by atoms with Crippen LogP contribution in [-0.2, 0) is 0 Å². The highest BCUT2D eigenvalue weighted by atomic mass is 16.5. The summed E-state index contributed by atoms with van der Waals surface area (Å²) in [6.07, 6.45) is 0.777. The molecule has 0 saturated carbocycles. The molecule has 1 N–H and O–H groups in total. The minimum absolute atomic E-state index is 0.308. The van der Waals surface area contributed by atoms with Crippen LogP contribution in [0, 0.1) is 18.8 Å². The normalized spacial score (nSPS) is 11.6. The Kier molecular flexibility index (Phi) is 6.32. The van der Waals surface area contributed by atoms with Gasteiger partial charge in [-0.25, -0.2) is 0 Å². The van der Waals surface area contributed by atoms with Gasteiger partial charge in [0.15, 0.2) is 0 Å². The third kappa shape index (κ3) is 4.43. The van der Waals surface area contributed by atoms with Crippen molar-refractivity contribution in [1.82, 2.24) is 5.32 Å². The van der Waals surface area contributed by atoms with Gasteiger partial charge in [0.25, 0.3) is 0 Å². The fraction of sp³-hybridized carbons (Fsp3) is 0.500. The topological polar surface area (TPSA) is 21.3 Å². The fourth-order valence-electron chi connectivity index (χ4n) is 1.89. The molecule has 0 saturated heterocycles. The smallest absolute Gasteiger partial charge is 0.124 e. The monoisotopic (exact) mass is 245 g/mol. The average molecular weight is 245 g/mol. The van der Waals surface area contributed by atoms with Crippen LogP contribution in [0.4, 0.5) is 0 Å². The van der Waals surface area contributed by atoms with Crippen molar-refractivity contribution in [3.8, 4) is 17.6 Å². The number of rotatable bonds is 6. The summed E-state index contributed by atoms with van der Waals surface area (Å²) in [6.45, 7) is 9.84. The molecule has 18 heavy (non-hydrogen) atoms. The molecule has 1 atom stereocenters. The summed E-state index contributed by atoms with van der Waals surface area (Å²) in [4.78, 5) is 0. The molecule has 2 nitrogen and oxygen atoms in total. The highest BCUT2D eigenvalue weighted by molar-refractivity contribution is 5.39. The highest BCUT2D eigenvalue weighted by Crippen LogP contribution is 2.26. The van der Waals surface area contributed by atoms with E-state index in [1.807, 2.05) is 6.92 Å². The van der Waals surface area contributed by atoms with E-state index in [0.717, 1.165) is 18.7 Å². The van der Waals surface area contributed by atoms with Crippen molar-refractivity contribution >= 4 is 0 Å². The van der Waals surface area contributed by atoms with E-state index in [0.29, 0.717) is 12.6 Å². The Hall–Kier alpha value is -1.46. The van der Waals surface area contributed by atoms with Crippen LogP contribution in [0.25, 0.3) is 0 Å². The Morgan fingerprint density at radius 2 is 2.17 bits per heavy atom. The van der Waals surface area contributed by atoms with Gasteiger partial charge in [-0.2, -0.15) is 0 Å². The Balaban J connectivity index is 2.77. The molecule has 0 aliphatic heterocycles. The predicted molar refractivity (Wildman–Crippen MR) is 76.8 cm³/mol. The Bertz CT molecular complexity index is 428. The molecule has 0 aliphatic rings. The van der Waals surface area contributed by atoms with Crippen molar-refractivity contribution in [2.75, 3.05) is 13.2 Å². The molecule has 0 aliphatic carbocycles. The first-order valence-electron chi connectivity index (χ1n) is 6.55. The molecule has 0 amide bonds. The van der Waals surface area contributed by atoms with Gasteiger partial charge >= 0.3 is 0 Å². The van der Waals surface area contributed by atoms with Gasteiger partial charge in [-0.3, -0.25) is 0 Å². The molecule has 0 fully saturated rings. The first kappa shape index (κ1) is 14.6. The van der Waals surface area contributed by atoms with Gasteiger partial charge in [-0.1, -0.05) is 24.6 Å². The summed E-state index contributed by atoms with van der Waals surface area (Å²) in [6, 6.07) is 6.64. The van der Waals surface area contributed by atoms with Gasteiger partial charge in [0.05, 0.1) is 6.61 Å². The molecule has 0 aromatic heterocycles. The average Bonchev–Trinajstić information content (AvgIpc) is 2.36. The quantitative estimate of drug-likeness (QED) is 0.612. The molecule has 0 bridgehead atoms. The van der Waals surface area contributed by atoms with Crippen LogP contribution >= 0.6 is 0 Å². The Morgan fingerprint density at radius 1 is 1.39 bits per heavy atom. The molecular weight excluding hydrogens is 222 g/mol. The Labute approximate surface area is 111 Å². The second-order valence-electron chi connectivity index (χ2n) is 4.35. The van der Waals surface area contributed by atoms with E-state index in [9.17, 15) is 0 Å². The molecule has 1 unspecified atom stereocenters. The molecule has 98 valence electrons. The zero-order chi connectivity index (χ0) is 13.4. The maximum atomic E-state index is 5.82. The van der Waals surface area contributed by atoms with Crippen molar-refractivity contribution in [2.24, 2.45) is 0 Å². The van der Waals surface area contributed by atoms with Gasteiger partial charge in [0.2, 0.25) is 0 Å². The van der Waals surface area contributed by atoms with Crippen molar-refractivity contribution in [2.45, 2.75) is 40.2 Å². The summed E-state index contributed by atoms with van der Waals surface area (Å²) in [5.74, 6) is 6.86. The molecule has 0 heterocycles. The van der Waals surface area contributed by atoms with Crippen molar-refractivity contribution in [3.63, 3.8) is 0 Å². The molecule has 0 spiro atoms. The van der Waals surface area contributed by atoms with Crippen LogP contribution in [-0.4, -0.2) is 13.2 Å². The lowest BCUT2D eigenvalue weighted by Gasteiger charge is -2.18. The van der Waals surface area contributed by atoms with Crippen molar-refractivity contribution < 1.29 is 4.74 Å². The van der Waals surface area contributed by atoms with Gasteiger partial charge < -0.3 is 10.1 Å². The van der Waals surface area contributed by atoms with E-state index in [1.54, 1.807) is 0 Å². The summed E-state index contributed by atoms with van der Waals surface area (Å²) >= 11 is 0. The first-order valence-corrected chi connectivity index (χ1v) is 6.55. The number of hydrogen-bond acceptors (Lipinski definition) is 2. The maximum Gasteiger partial charge on any atom is 0.124 e. The minimum Gasteiger partial charge on any atom is -0.492 e. The van der Waals surface area contributed by atoms with Gasteiger partial charge in [-0.15, -0.1) is 11.8 Å². The SMILES string of the molecule is CC#CCCOc1ccc(C)cc1C(C)NCC. The molecule has 1 aromatic carbocycles. The van der Waals surface area contributed by atoms with Crippen LogP contribution < -0.4 is 10.1 Å². The van der Waals surface area contributed by atoms with Crippen LogP contribution in [0.2, 0.25) is 0 Å². The summed E-state index contributed by atoms with van der Waals surface area (Å²) in [5, 5.41) is 3.42. The van der Waals surface area contributed by atoms with E-state index < -0.39 is 0 Å². The summed E-state index contributed by atoms with van der Waals surface area (Å²) in [7, 11) is 0. The van der Waals surface area contributed by atoms with Gasteiger partial charge in [0.1, 0.15) is 5.75 Å². The number of benzene rings is 1. The summed E-state index contributed by atoms with van der Waals surface area (Å²) < 4.78 is 5.82. The number of ether oxygens (including phenoxy) is 1. The number of nitrogens with one attached hydrogen (secondary N) is 1. The van der Waals surface area contributed by atoms with E-state index in [-0.39, 0.29) is 0 Å². The van der Waals surface area contributed by atoms with Crippen LogP contribution in [0.5, 0.6) is 5.75 Å². The lowest BCUT2D eigenvalue weighted by atomic mass is 10.0. The molecule has 1 rings (SSSR count). The third-order valence-electron chi connectivity index (χ3n) is 2.80. The largest absolute Gasteiger partial charge is 0.492 e. The van der Waals surface area contributed by atoms with Crippen molar-refractivity contribution in [1.29, 1.82) is 0 Å². The van der Waals surface area contributed by atoms with Crippen LogP contribution in [0.15, 0.2) is 18.2 Å². The van der Waals surface area contributed by atoms with E-state index in [1.165, 1.54) is 11.1 Å². The minimum atomic E-state index is 0.308. The first-order chi connectivity index (χ1) is 8.69. The van der Waals surface area contributed by atoms with E-state index >= 15 is 0 Å². The van der Waals surface area contributed by atoms with E-state index in [4.69, 9.17) is 4.74 Å². The lowest BCUT2D eigenvalue weighted by molar-refractivity contribution is 0.320. The third-order valence-corrected chi connectivity index (χ3v) is 2.80. The van der Waals surface area contributed by atoms with E-state index in [2.05, 4.69) is 56.1 Å². The molecule has 2 heteroatoms. The van der Waals surface area contributed by atoms with Crippen LogP contribution in [0.3, 0.4) is 0 Å².